The van der Waals surface area contributed by atoms with Crippen LogP contribution in [0.4, 0.5) is 10.5 Å². The van der Waals surface area contributed by atoms with Gasteiger partial charge in [-0.05, 0) is 88.7 Å². The Bertz CT molecular complexity index is 1480. The SMILES string of the molecule is CCOc1cc(/C=C2\SC(=O)N(CC(=O)Nc3cccc(Cl)c3)C2=O)cc(Br)c1OCc1ccc(Cl)cc1Cl. The maximum absolute atomic E-state index is 13.0. The van der Waals surface area contributed by atoms with Crippen molar-refractivity contribution in [3.05, 3.63) is 90.2 Å². The lowest BCUT2D eigenvalue weighted by Gasteiger charge is -2.15. The summed E-state index contributed by atoms with van der Waals surface area (Å²) in [4.78, 5) is 39.0. The van der Waals surface area contributed by atoms with Gasteiger partial charge >= 0.3 is 0 Å². The molecule has 1 saturated heterocycles. The van der Waals surface area contributed by atoms with Crippen LogP contribution in [0.5, 0.6) is 11.5 Å². The molecule has 4 rings (SSSR count). The van der Waals surface area contributed by atoms with Crippen LogP contribution < -0.4 is 14.8 Å². The molecule has 0 spiro atoms. The van der Waals surface area contributed by atoms with Gasteiger partial charge < -0.3 is 14.8 Å². The molecule has 202 valence electrons. The number of thioether (sulfide) groups is 1. The van der Waals surface area contributed by atoms with Gasteiger partial charge in [0.25, 0.3) is 11.1 Å². The quantitative estimate of drug-likeness (QED) is 0.232. The number of carbonyl (C=O) groups excluding carboxylic acids is 3. The lowest BCUT2D eigenvalue weighted by Crippen LogP contribution is -2.36. The zero-order chi connectivity index (χ0) is 28.1. The van der Waals surface area contributed by atoms with Crippen molar-refractivity contribution in [2.24, 2.45) is 0 Å². The van der Waals surface area contributed by atoms with Crippen LogP contribution in [0.2, 0.25) is 15.1 Å². The fraction of sp³-hybridized carbons (Fsp3) is 0.148. The molecule has 1 aliphatic heterocycles. The van der Waals surface area contributed by atoms with E-state index in [1.54, 1.807) is 60.7 Å². The summed E-state index contributed by atoms with van der Waals surface area (Å²) in [7, 11) is 0. The average Bonchev–Trinajstić information content (AvgIpc) is 3.12. The third-order valence-electron chi connectivity index (χ3n) is 5.30. The number of hydrogen-bond donors (Lipinski definition) is 1. The molecule has 1 N–H and O–H groups in total. The van der Waals surface area contributed by atoms with Crippen LogP contribution >= 0.6 is 62.5 Å². The van der Waals surface area contributed by atoms with Gasteiger partial charge in [0.1, 0.15) is 13.2 Å². The van der Waals surface area contributed by atoms with E-state index < -0.39 is 23.6 Å². The van der Waals surface area contributed by atoms with Gasteiger partial charge in [0.15, 0.2) is 11.5 Å². The molecule has 0 aromatic heterocycles. The van der Waals surface area contributed by atoms with Crippen LogP contribution in [0.1, 0.15) is 18.1 Å². The fourth-order valence-electron chi connectivity index (χ4n) is 3.56. The number of nitrogens with zero attached hydrogens (tertiary/aromatic N) is 1. The molecule has 3 aromatic carbocycles. The molecule has 1 fully saturated rings. The Balaban J connectivity index is 1.50. The third kappa shape index (κ3) is 7.49. The molecule has 7 nitrogen and oxygen atoms in total. The zero-order valence-corrected chi connectivity index (χ0v) is 25.0. The van der Waals surface area contributed by atoms with Gasteiger partial charge in [-0.2, -0.15) is 0 Å². The molecule has 0 radical (unpaired) electrons. The summed E-state index contributed by atoms with van der Waals surface area (Å²) >= 11 is 22.4. The highest BCUT2D eigenvalue weighted by Gasteiger charge is 2.36. The Kier molecular flexibility index (Phi) is 9.85. The van der Waals surface area contributed by atoms with E-state index in [4.69, 9.17) is 44.3 Å². The Hall–Kier alpha value is -2.69. The highest BCUT2D eigenvalue weighted by atomic mass is 79.9. The van der Waals surface area contributed by atoms with Gasteiger partial charge in [-0.25, -0.2) is 0 Å². The smallest absolute Gasteiger partial charge is 0.294 e. The summed E-state index contributed by atoms with van der Waals surface area (Å²) < 4.78 is 12.4. The van der Waals surface area contributed by atoms with E-state index in [1.165, 1.54) is 0 Å². The first-order valence-corrected chi connectivity index (χ1v) is 14.2. The minimum Gasteiger partial charge on any atom is -0.490 e. The second-order valence-corrected chi connectivity index (χ2v) is 11.2. The number of benzene rings is 3. The standard InChI is InChI=1S/C27H20BrCl3N2O5S/c1-2-37-22-9-15(8-20(28)25(22)38-14-16-6-7-18(30)12-21(16)31)10-23-26(35)33(27(36)39-23)13-24(34)32-19-5-3-4-17(29)11-19/h3-12H,2,13-14H2,1H3,(H,32,34)/b23-10-. The molecular formula is C27H20BrCl3N2O5S. The summed E-state index contributed by atoms with van der Waals surface area (Å²) in [6.07, 6.45) is 1.56. The van der Waals surface area contributed by atoms with Crippen LogP contribution in [0.15, 0.2) is 64.0 Å². The number of anilines is 1. The molecule has 12 heteroatoms. The van der Waals surface area contributed by atoms with Crippen LogP contribution in [0.3, 0.4) is 0 Å². The molecular weight excluding hydrogens is 651 g/mol. The van der Waals surface area contributed by atoms with Gasteiger partial charge in [0.05, 0.1) is 16.0 Å². The molecule has 1 heterocycles. The molecule has 0 aliphatic carbocycles. The predicted molar refractivity (Wildman–Crippen MR) is 159 cm³/mol. The van der Waals surface area contributed by atoms with Crippen molar-refractivity contribution in [2.45, 2.75) is 13.5 Å². The molecule has 0 saturated carbocycles. The third-order valence-corrected chi connectivity index (χ3v) is 7.62. The summed E-state index contributed by atoms with van der Waals surface area (Å²) in [5, 5.41) is 3.54. The first-order valence-electron chi connectivity index (χ1n) is 11.5. The number of halogens is 4. The number of imide groups is 1. The van der Waals surface area contributed by atoms with E-state index in [9.17, 15) is 14.4 Å². The second-order valence-electron chi connectivity index (χ2n) is 8.11. The number of rotatable bonds is 9. The Morgan fingerprint density at radius 3 is 2.54 bits per heavy atom. The second kappa shape index (κ2) is 13.1. The van der Waals surface area contributed by atoms with Crippen molar-refractivity contribution in [2.75, 3.05) is 18.5 Å². The van der Waals surface area contributed by atoms with Crippen molar-refractivity contribution < 1.29 is 23.9 Å². The highest BCUT2D eigenvalue weighted by Crippen LogP contribution is 2.40. The molecule has 3 amide bonds. The van der Waals surface area contributed by atoms with Crippen molar-refractivity contribution in [1.82, 2.24) is 4.90 Å². The van der Waals surface area contributed by atoms with Gasteiger partial charge in [-0.3, -0.25) is 19.3 Å². The molecule has 0 unspecified atom stereocenters. The molecule has 0 bridgehead atoms. The summed E-state index contributed by atoms with van der Waals surface area (Å²) in [5.74, 6) is -0.211. The van der Waals surface area contributed by atoms with E-state index in [2.05, 4.69) is 21.2 Å². The normalized spacial score (nSPS) is 14.2. The monoisotopic (exact) mass is 668 g/mol. The van der Waals surface area contributed by atoms with Crippen LogP contribution in [-0.4, -0.2) is 35.1 Å². The average molecular weight is 671 g/mol. The minimum atomic E-state index is -0.571. The van der Waals surface area contributed by atoms with Gasteiger partial charge in [0, 0.05) is 26.3 Å². The van der Waals surface area contributed by atoms with Crippen LogP contribution in [-0.2, 0) is 16.2 Å². The Morgan fingerprint density at radius 2 is 1.82 bits per heavy atom. The highest BCUT2D eigenvalue weighted by molar-refractivity contribution is 9.10. The number of amides is 3. The first kappa shape index (κ1) is 29.3. The topological polar surface area (TPSA) is 84.9 Å². The molecule has 1 aliphatic rings. The van der Waals surface area contributed by atoms with Gasteiger partial charge in [0.2, 0.25) is 5.91 Å². The maximum atomic E-state index is 13.0. The zero-order valence-electron chi connectivity index (χ0n) is 20.3. The van der Waals surface area contributed by atoms with Crippen molar-refractivity contribution in [1.29, 1.82) is 0 Å². The largest absolute Gasteiger partial charge is 0.490 e. The van der Waals surface area contributed by atoms with E-state index in [1.807, 2.05) is 6.92 Å². The lowest BCUT2D eigenvalue weighted by molar-refractivity contribution is -0.127. The minimum absolute atomic E-state index is 0.171. The first-order chi connectivity index (χ1) is 18.6. The van der Waals surface area contributed by atoms with Gasteiger partial charge in [-0.15, -0.1) is 0 Å². The fourth-order valence-corrected chi connectivity index (χ4v) is 5.63. The van der Waals surface area contributed by atoms with E-state index in [0.717, 1.165) is 22.2 Å². The molecule has 3 aromatic rings. The van der Waals surface area contributed by atoms with Crippen molar-refractivity contribution in [3.63, 3.8) is 0 Å². The maximum Gasteiger partial charge on any atom is 0.294 e. The number of hydrogen-bond acceptors (Lipinski definition) is 6. The number of nitrogens with one attached hydrogen (secondary N) is 1. The lowest BCUT2D eigenvalue weighted by atomic mass is 10.1. The summed E-state index contributed by atoms with van der Waals surface area (Å²) in [6, 6.07) is 15.1. The van der Waals surface area contributed by atoms with Gasteiger partial charge in [-0.1, -0.05) is 46.9 Å². The molecule has 39 heavy (non-hydrogen) atoms. The van der Waals surface area contributed by atoms with Crippen LogP contribution in [0, 0.1) is 0 Å². The van der Waals surface area contributed by atoms with E-state index in [-0.39, 0.29) is 11.5 Å². The Labute approximate surface area is 252 Å². The van der Waals surface area contributed by atoms with Crippen LogP contribution in [0.25, 0.3) is 6.08 Å². The number of carbonyl (C=O) groups is 3. The van der Waals surface area contributed by atoms with E-state index in [0.29, 0.717) is 48.9 Å². The van der Waals surface area contributed by atoms with Crippen molar-refractivity contribution in [3.8, 4) is 11.5 Å². The number of ether oxygens (including phenoxy) is 2. The summed E-state index contributed by atoms with van der Waals surface area (Å²) in [5.41, 5.74) is 1.80. The molecule has 0 atom stereocenters. The Morgan fingerprint density at radius 1 is 1.05 bits per heavy atom. The summed E-state index contributed by atoms with van der Waals surface area (Å²) in [6.45, 7) is 1.94. The van der Waals surface area contributed by atoms with Crippen molar-refractivity contribution >= 4 is 91.3 Å². The van der Waals surface area contributed by atoms with E-state index >= 15 is 0 Å². The predicted octanol–water partition coefficient (Wildman–Crippen LogP) is 8.06.